The first-order valence-corrected chi connectivity index (χ1v) is 5.10. The molecule has 0 N–H and O–H groups in total. The van der Waals surface area contributed by atoms with Crippen molar-refractivity contribution in [3.05, 3.63) is 16.4 Å². The molecule has 13 heavy (non-hydrogen) atoms. The van der Waals surface area contributed by atoms with Crippen molar-refractivity contribution in [3.8, 4) is 0 Å². The number of imidazole rings is 1. The fraction of sp³-hybridized carbons (Fsp3) is 0.400. The lowest BCUT2D eigenvalue weighted by Crippen LogP contribution is -2.02. The van der Waals surface area contributed by atoms with Crippen molar-refractivity contribution in [3.63, 3.8) is 0 Å². The number of aromatic nitrogens is 2. The summed E-state index contributed by atoms with van der Waals surface area (Å²) >= 11 is 0. The standard InChI is InChI=1S/C5H5N3O4S/c9-8(10)4-5-7(3-6-4)1-2-13(5,11)12/h3H,1-2H2. The molecule has 2 heterocycles. The van der Waals surface area contributed by atoms with Crippen molar-refractivity contribution < 1.29 is 13.3 Å². The van der Waals surface area contributed by atoms with Gasteiger partial charge < -0.3 is 10.1 Å². The zero-order valence-electron chi connectivity index (χ0n) is 6.37. The van der Waals surface area contributed by atoms with Gasteiger partial charge in [0.1, 0.15) is 0 Å². The van der Waals surface area contributed by atoms with Gasteiger partial charge in [0.25, 0.3) is 0 Å². The van der Waals surface area contributed by atoms with Gasteiger partial charge in [-0.2, -0.15) is 0 Å². The number of hydrogen-bond donors (Lipinski definition) is 0. The van der Waals surface area contributed by atoms with E-state index in [1.165, 1.54) is 10.9 Å². The van der Waals surface area contributed by atoms with Crippen LogP contribution in [-0.4, -0.2) is 28.6 Å². The molecule has 2 rings (SSSR count). The molecular formula is C5H5N3O4S. The lowest BCUT2D eigenvalue weighted by molar-refractivity contribution is -0.392. The van der Waals surface area contributed by atoms with E-state index in [1.807, 2.05) is 0 Å². The fourth-order valence-electron chi connectivity index (χ4n) is 1.28. The Labute approximate surface area is 73.1 Å². The second kappa shape index (κ2) is 2.28. The molecule has 0 saturated heterocycles. The van der Waals surface area contributed by atoms with Crippen LogP contribution in [0.15, 0.2) is 11.4 Å². The quantitative estimate of drug-likeness (QED) is 0.456. The topological polar surface area (TPSA) is 95.1 Å². The Hall–Kier alpha value is -1.44. The van der Waals surface area contributed by atoms with E-state index in [1.54, 1.807) is 0 Å². The third kappa shape index (κ3) is 1.02. The summed E-state index contributed by atoms with van der Waals surface area (Å²) in [5.74, 6) is -0.649. The highest BCUT2D eigenvalue weighted by Crippen LogP contribution is 2.27. The number of rotatable bonds is 1. The Bertz CT molecular complexity index is 474. The molecule has 0 unspecified atom stereocenters. The van der Waals surface area contributed by atoms with E-state index in [9.17, 15) is 18.5 Å². The van der Waals surface area contributed by atoms with Crippen LogP contribution in [0.25, 0.3) is 0 Å². The Morgan fingerprint density at radius 1 is 1.62 bits per heavy atom. The number of hydrogen-bond acceptors (Lipinski definition) is 5. The summed E-state index contributed by atoms with van der Waals surface area (Å²) in [6, 6.07) is 0. The molecule has 1 aliphatic rings. The van der Waals surface area contributed by atoms with Crippen molar-refractivity contribution >= 4 is 15.7 Å². The number of sulfone groups is 1. The van der Waals surface area contributed by atoms with Crippen LogP contribution in [0.5, 0.6) is 0 Å². The van der Waals surface area contributed by atoms with Crippen LogP contribution in [0, 0.1) is 10.1 Å². The van der Waals surface area contributed by atoms with E-state index in [0.29, 0.717) is 0 Å². The first kappa shape index (κ1) is 8.17. The number of aryl methyl sites for hydroxylation is 1. The van der Waals surface area contributed by atoms with Crippen LogP contribution in [-0.2, 0) is 16.4 Å². The van der Waals surface area contributed by atoms with Crippen molar-refractivity contribution in [2.75, 3.05) is 5.75 Å². The predicted octanol–water partition coefficient (Wildman–Crippen LogP) is -0.421. The van der Waals surface area contributed by atoms with Gasteiger partial charge in [0.15, 0.2) is 0 Å². The molecule has 1 aliphatic heterocycles. The Kier molecular flexibility index (Phi) is 1.44. The molecule has 0 amide bonds. The maximum atomic E-state index is 11.3. The molecule has 70 valence electrons. The van der Waals surface area contributed by atoms with Gasteiger partial charge >= 0.3 is 5.82 Å². The molecule has 0 aliphatic carbocycles. The Balaban J connectivity index is 2.73. The second-order valence-corrected chi connectivity index (χ2v) is 4.67. The van der Waals surface area contributed by atoms with Gasteiger partial charge in [0, 0.05) is 6.54 Å². The highest BCUT2D eigenvalue weighted by Gasteiger charge is 2.37. The van der Waals surface area contributed by atoms with Gasteiger partial charge in [-0.25, -0.2) is 8.42 Å². The van der Waals surface area contributed by atoms with Gasteiger partial charge in [-0.15, -0.1) is 0 Å². The monoisotopic (exact) mass is 203 g/mol. The summed E-state index contributed by atoms with van der Waals surface area (Å²) in [5.41, 5.74) is 0. The lowest BCUT2D eigenvalue weighted by Gasteiger charge is -1.91. The van der Waals surface area contributed by atoms with E-state index >= 15 is 0 Å². The maximum absolute atomic E-state index is 11.3. The Morgan fingerprint density at radius 2 is 2.31 bits per heavy atom. The molecule has 0 atom stereocenters. The summed E-state index contributed by atoms with van der Waals surface area (Å²) < 4.78 is 23.8. The zero-order valence-corrected chi connectivity index (χ0v) is 7.19. The van der Waals surface area contributed by atoms with Crippen molar-refractivity contribution in [1.82, 2.24) is 9.55 Å². The van der Waals surface area contributed by atoms with E-state index in [0.717, 1.165) is 0 Å². The number of fused-ring (bicyclic) bond motifs is 1. The third-order valence-corrected chi connectivity index (χ3v) is 3.57. The highest BCUT2D eigenvalue weighted by molar-refractivity contribution is 7.91. The summed E-state index contributed by atoms with van der Waals surface area (Å²) in [5, 5.41) is 10.1. The van der Waals surface area contributed by atoms with Crippen LogP contribution in [0.3, 0.4) is 0 Å². The van der Waals surface area contributed by atoms with Gasteiger partial charge in [0.2, 0.25) is 21.2 Å². The van der Waals surface area contributed by atoms with Gasteiger partial charge in [0.05, 0.1) is 5.75 Å². The predicted molar refractivity (Wildman–Crippen MR) is 40.9 cm³/mol. The van der Waals surface area contributed by atoms with Crippen LogP contribution in [0.2, 0.25) is 0 Å². The van der Waals surface area contributed by atoms with Gasteiger partial charge in [-0.05, 0) is 9.91 Å². The average molecular weight is 203 g/mol. The van der Waals surface area contributed by atoms with Crippen molar-refractivity contribution in [2.24, 2.45) is 0 Å². The Morgan fingerprint density at radius 3 is 2.92 bits per heavy atom. The van der Waals surface area contributed by atoms with Crippen molar-refractivity contribution in [2.45, 2.75) is 11.6 Å². The highest BCUT2D eigenvalue weighted by atomic mass is 32.2. The molecular weight excluding hydrogens is 198 g/mol. The summed E-state index contributed by atoms with van der Waals surface area (Å²) in [6.45, 7) is 0.249. The largest absolute Gasteiger partial charge is 0.401 e. The fourth-order valence-corrected chi connectivity index (χ4v) is 2.81. The molecule has 0 saturated carbocycles. The molecule has 1 aromatic rings. The minimum atomic E-state index is -3.48. The lowest BCUT2D eigenvalue weighted by atomic mass is 10.7. The van der Waals surface area contributed by atoms with Crippen LogP contribution >= 0.6 is 0 Å². The smallest absolute Gasteiger partial charge is 0.358 e. The minimum absolute atomic E-state index is 0.0777. The molecule has 8 heteroatoms. The molecule has 0 bridgehead atoms. The first-order chi connectivity index (χ1) is 6.02. The minimum Gasteiger partial charge on any atom is -0.358 e. The van der Waals surface area contributed by atoms with Gasteiger partial charge in [-0.1, -0.05) is 0 Å². The summed E-state index contributed by atoms with van der Waals surface area (Å²) in [7, 11) is -3.48. The normalized spacial score (nSPS) is 18.5. The first-order valence-electron chi connectivity index (χ1n) is 3.44. The van der Waals surface area contributed by atoms with Crippen LogP contribution in [0.4, 0.5) is 5.82 Å². The average Bonchev–Trinajstić information content (AvgIpc) is 2.53. The van der Waals surface area contributed by atoms with Gasteiger partial charge in [-0.3, -0.25) is 4.57 Å². The SMILES string of the molecule is O=[N+]([O-])c1ncn2c1S(=O)(=O)CC2. The van der Waals surface area contributed by atoms with E-state index in [4.69, 9.17) is 0 Å². The molecule has 0 fully saturated rings. The third-order valence-electron chi connectivity index (χ3n) is 1.84. The number of nitro groups is 1. The van der Waals surface area contributed by atoms with E-state index in [-0.39, 0.29) is 17.3 Å². The summed E-state index contributed by atoms with van der Waals surface area (Å²) in [6.07, 6.45) is 1.18. The van der Waals surface area contributed by atoms with Crippen molar-refractivity contribution in [1.29, 1.82) is 0 Å². The molecule has 1 aromatic heterocycles. The van der Waals surface area contributed by atoms with E-state index < -0.39 is 20.6 Å². The molecule has 0 spiro atoms. The molecule has 0 aromatic carbocycles. The van der Waals surface area contributed by atoms with Crippen LogP contribution in [0.1, 0.15) is 0 Å². The summed E-state index contributed by atoms with van der Waals surface area (Å²) in [4.78, 5) is 13.0. The molecule has 7 nitrogen and oxygen atoms in total. The maximum Gasteiger partial charge on any atom is 0.401 e. The van der Waals surface area contributed by atoms with Crippen LogP contribution < -0.4 is 0 Å². The molecule has 0 radical (unpaired) electrons. The van der Waals surface area contributed by atoms with E-state index in [2.05, 4.69) is 4.98 Å². The second-order valence-electron chi connectivity index (χ2n) is 2.64. The number of nitrogens with zero attached hydrogens (tertiary/aromatic N) is 3. The zero-order chi connectivity index (χ0) is 9.64.